The Labute approximate surface area is 152 Å². The van der Waals surface area contributed by atoms with Crippen LogP contribution in [0.1, 0.15) is 5.56 Å². The molecule has 2 aromatic rings. The zero-order chi connectivity index (χ0) is 19.6. The van der Waals surface area contributed by atoms with Gasteiger partial charge in [0.2, 0.25) is 0 Å². The first-order chi connectivity index (χ1) is 12.9. The lowest BCUT2D eigenvalue weighted by molar-refractivity contribution is -0.384. The van der Waals surface area contributed by atoms with E-state index in [0.717, 1.165) is 4.90 Å². The summed E-state index contributed by atoms with van der Waals surface area (Å²) in [5, 5.41) is 37.4. The van der Waals surface area contributed by atoms with Crippen molar-refractivity contribution in [3.05, 3.63) is 64.2 Å². The summed E-state index contributed by atoms with van der Waals surface area (Å²) in [5.41, 5.74) is 1.50. The normalized spacial score (nSPS) is 19.9. The minimum absolute atomic E-state index is 0.0421. The first-order valence-corrected chi connectivity index (χ1v) is 7.83. The molecule has 1 heterocycles. The van der Waals surface area contributed by atoms with E-state index in [2.05, 4.69) is 10.2 Å². The number of benzene rings is 2. The van der Waals surface area contributed by atoms with Gasteiger partial charge in [0.05, 0.1) is 22.8 Å². The molecule has 0 aliphatic carbocycles. The van der Waals surface area contributed by atoms with Crippen LogP contribution in [0.3, 0.4) is 0 Å². The summed E-state index contributed by atoms with van der Waals surface area (Å²) in [5.74, 6) is -1.68. The molecular formula is C17H14N4O6. The van der Waals surface area contributed by atoms with Crippen LogP contribution in [-0.2, 0) is 16.1 Å². The van der Waals surface area contributed by atoms with Crippen LogP contribution in [0.4, 0.5) is 17.1 Å². The van der Waals surface area contributed by atoms with Crippen LogP contribution in [0, 0.1) is 10.1 Å². The number of nitro groups is 1. The Hall–Kier alpha value is -3.50. The van der Waals surface area contributed by atoms with E-state index in [9.17, 15) is 29.9 Å². The first kappa shape index (κ1) is 18.3. The summed E-state index contributed by atoms with van der Waals surface area (Å²) in [6.07, 6.45) is -3.46. The molecule has 3 rings (SSSR count). The molecule has 2 amide bonds. The number of imide groups is 1. The van der Waals surface area contributed by atoms with E-state index in [1.165, 1.54) is 24.3 Å². The van der Waals surface area contributed by atoms with Crippen LogP contribution in [0.2, 0.25) is 0 Å². The molecule has 2 unspecified atom stereocenters. The van der Waals surface area contributed by atoms with Crippen molar-refractivity contribution in [1.82, 2.24) is 4.90 Å². The number of nitrogens with zero attached hydrogens (tertiary/aromatic N) is 4. The fourth-order valence-electron chi connectivity index (χ4n) is 2.46. The van der Waals surface area contributed by atoms with Gasteiger partial charge in [0, 0.05) is 12.1 Å². The van der Waals surface area contributed by atoms with Crippen molar-refractivity contribution < 1.29 is 24.7 Å². The monoisotopic (exact) mass is 370 g/mol. The van der Waals surface area contributed by atoms with Crippen LogP contribution in [0.5, 0.6) is 0 Å². The highest BCUT2D eigenvalue weighted by molar-refractivity contribution is 6.07. The number of carbonyl (C=O) groups is 2. The second-order valence-electron chi connectivity index (χ2n) is 5.79. The minimum Gasteiger partial charge on any atom is -0.380 e. The maximum atomic E-state index is 11.7. The number of carbonyl (C=O) groups excluding carboxylic acids is 2. The molecule has 0 saturated carbocycles. The number of azo groups is 1. The van der Waals surface area contributed by atoms with Crippen LogP contribution < -0.4 is 0 Å². The maximum Gasteiger partial charge on any atom is 0.269 e. The van der Waals surface area contributed by atoms with Gasteiger partial charge in [-0.3, -0.25) is 24.6 Å². The predicted octanol–water partition coefficient (Wildman–Crippen LogP) is 1.60. The molecule has 10 heteroatoms. The molecule has 1 fully saturated rings. The molecule has 27 heavy (non-hydrogen) atoms. The maximum absolute atomic E-state index is 11.7. The van der Waals surface area contributed by atoms with E-state index in [1.54, 1.807) is 24.3 Å². The van der Waals surface area contributed by atoms with E-state index in [1.807, 2.05) is 0 Å². The number of aliphatic hydroxyl groups is 2. The van der Waals surface area contributed by atoms with Gasteiger partial charge in [0.25, 0.3) is 17.5 Å². The number of non-ortho nitro benzene ring substituents is 1. The van der Waals surface area contributed by atoms with E-state index in [4.69, 9.17) is 0 Å². The quantitative estimate of drug-likeness (QED) is 0.354. The second-order valence-corrected chi connectivity index (χ2v) is 5.79. The Morgan fingerprint density at radius 1 is 0.889 bits per heavy atom. The van der Waals surface area contributed by atoms with Gasteiger partial charge in [-0.15, -0.1) is 0 Å². The molecule has 2 N–H and O–H groups in total. The fourth-order valence-corrected chi connectivity index (χ4v) is 2.46. The lowest BCUT2D eigenvalue weighted by Gasteiger charge is -2.13. The van der Waals surface area contributed by atoms with E-state index < -0.39 is 28.9 Å². The summed E-state index contributed by atoms with van der Waals surface area (Å²) in [4.78, 5) is 34.4. The van der Waals surface area contributed by atoms with Crippen molar-refractivity contribution >= 4 is 28.9 Å². The molecular weight excluding hydrogens is 356 g/mol. The Morgan fingerprint density at radius 2 is 1.33 bits per heavy atom. The summed E-state index contributed by atoms with van der Waals surface area (Å²) in [6, 6.07) is 12.1. The molecule has 2 aromatic carbocycles. The molecule has 0 radical (unpaired) electrons. The van der Waals surface area contributed by atoms with E-state index in [-0.39, 0.29) is 12.2 Å². The molecule has 138 valence electrons. The predicted molar refractivity (Wildman–Crippen MR) is 91.3 cm³/mol. The van der Waals surface area contributed by atoms with Crippen LogP contribution in [-0.4, -0.2) is 44.1 Å². The standard InChI is InChI=1S/C17H14N4O6/c22-14-15(23)17(25)20(16(14)24)9-10-1-3-11(4-2-10)18-19-12-5-7-13(8-6-12)21(26)27/h1-8,14-15,22-23H,9H2. The van der Waals surface area contributed by atoms with Gasteiger partial charge in [-0.25, -0.2) is 0 Å². The number of rotatable bonds is 5. The summed E-state index contributed by atoms with van der Waals surface area (Å²) in [7, 11) is 0. The van der Waals surface area contributed by atoms with Crippen LogP contribution in [0.15, 0.2) is 58.8 Å². The Morgan fingerprint density at radius 3 is 1.78 bits per heavy atom. The molecule has 1 saturated heterocycles. The SMILES string of the molecule is O=C1C(O)C(O)C(=O)N1Cc1ccc(N=Nc2ccc([N+](=O)[O-])cc2)cc1. The number of amides is 2. The number of nitro benzene ring substituents is 1. The number of aliphatic hydroxyl groups excluding tert-OH is 2. The highest BCUT2D eigenvalue weighted by Crippen LogP contribution is 2.23. The second kappa shape index (κ2) is 7.40. The topological polar surface area (TPSA) is 146 Å². The molecule has 1 aliphatic heterocycles. The van der Waals surface area contributed by atoms with Gasteiger partial charge in [0.1, 0.15) is 0 Å². The van der Waals surface area contributed by atoms with Gasteiger partial charge in [-0.2, -0.15) is 10.2 Å². The van der Waals surface area contributed by atoms with Crippen molar-refractivity contribution in [2.45, 2.75) is 18.8 Å². The zero-order valence-electron chi connectivity index (χ0n) is 13.8. The van der Waals surface area contributed by atoms with Crippen molar-refractivity contribution in [1.29, 1.82) is 0 Å². The lowest BCUT2D eigenvalue weighted by atomic mass is 10.2. The minimum atomic E-state index is -1.73. The van der Waals surface area contributed by atoms with E-state index >= 15 is 0 Å². The average molecular weight is 370 g/mol. The molecule has 0 aromatic heterocycles. The van der Waals surface area contributed by atoms with Crippen molar-refractivity contribution in [2.24, 2.45) is 10.2 Å². The Bertz CT molecular complexity index is 890. The number of hydrogen-bond donors (Lipinski definition) is 2. The number of hydrogen-bond acceptors (Lipinski definition) is 8. The summed E-state index contributed by atoms with van der Waals surface area (Å²) in [6.45, 7) is -0.0778. The third kappa shape index (κ3) is 3.86. The van der Waals surface area contributed by atoms with Crippen molar-refractivity contribution in [2.75, 3.05) is 0 Å². The highest BCUT2D eigenvalue weighted by Gasteiger charge is 2.45. The third-order valence-corrected chi connectivity index (χ3v) is 3.96. The summed E-state index contributed by atoms with van der Waals surface area (Å²) >= 11 is 0. The van der Waals surface area contributed by atoms with Crippen LogP contribution in [0.25, 0.3) is 0 Å². The summed E-state index contributed by atoms with van der Waals surface area (Å²) < 4.78 is 0. The lowest BCUT2D eigenvalue weighted by Crippen LogP contribution is -2.31. The van der Waals surface area contributed by atoms with Gasteiger partial charge in [0.15, 0.2) is 12.2 Å². The molecule has 10 nitrogen and oxygen atoms in total. The first-order valence-electron chi connectivity index (χ1n) is 7.83. The molecule has 0 bridgehead atoms. The smallest absolute Gasteiger partial charge is 0.269 e. The molecule has 1 aliphatic rings. The van der Waals surface area contributed by atoms with E-state index in [0.29, 0.717) is 16.9 Å². The molecule has 2 atom stereocenters. The highest BCUT2D eigenvalue weighted by atomic mass is 16.6. The van der Waals surface area contributed by atoms with Crippen molar-refractivity contribution in [3.8, 4) is 0 Å². The van der Waals surface area contributed by atoms with Crippen LogP contribution >= 0.6 is 0 Å². The average Bonchev–Trinajstić information content (AvgIpc) is 2.85. The number of likely N-dealkylation sites (tertiary alicyclic amines) is 1. The largest absolute Gasteiger partial charge is 0.380 e. The van der Waals surface area contributed by atoms with Gasteiger partial charge >= 0.3 is 0 Å². The van der Waals surface area contributed by atoms with Gasteiger partial charge in [-0.1, -0.05) is 12.1 Å². The van der Waals surface area contributed by atoms with Gasteiger partial charge < -0.3 is 10.2 Å². The zero-order valence-corrected chi connectivity index (χ0v) is 13.8. The Balaban J connectivity index is 1.66. The third-order valence-electron chi connectivity index (χ3n) is 3.96. The van der Waals surface area contributed by atoms with Gasteiger partial charge in [-0.05, 0) is 29.8 Å². The fraction of sp³-hybridized carbons (Fsp3) is 0.176. The van der Waals surface area contributed by atoms with Crippen molar-refractivity contribution in [3.63, 3.8) is 0 Å². The Kier molecular flexibility index (Phi) is 5.01. The molecule has 0 spiro atoms.